The van der Waals surface area contributed by atoms with Crippen molar-refractivity contribution in [3.05, 3.63) is 179 Å². The Morgan fingerprint density at radius 1 is 0.548 bits per heavy atom. The van der Waals surface area contributed by atoms with Crippen LogP contribution in [-0.4, -0.2) is 23.6 Å². The lowest BCUT2D eigenvalue weighted by atomic mass is 9.76. The molecule has 0 spiro atoms. The molecular weight excluding hydrogens is 549 g/mol. The molecule has 4 heteroatoms. The van der Waals surface area contributed by atoms with Crippen LogP contribution in [0, 0.1) is 6.92 Å². The first kappa shape index (κ1) is 30.2. The molecule has 0 radical (unpaired) electrons. The van der Waals surface area contributed by atoms with E-state index in [4.69, 9.17) is 5.73 Å². The first-order chi connectivity index (χ1) is 20.6. The zero-order valence-electron chi connectivity index (χ0n) is 24.2. The molecule has 0 aliphatic carbocycles. The van der Waals surface area contributed by atoms with Crippen LogP contribution in [0.15, 0.2) is 146 Å². The molecule has 0 heterocycles. The summed E-state index contributed by atoms with van der Waals surface area (Å²) in [5, 5.41) is 4.25. The smallest absolute Gasteiger partial charge is 0.0950 e. The first-order valence-electron chi connectivity index (χ1n) is 14.7. The van der Waals surface area contributed by atoms with E-state index >= 15 is 0 Å². The highest BCUT2D eigenvalue weighted by Crippen LogP contribution is 2.38. The van der Waals surface area contributed by atoms with Crippen LogP contribution < -0.4 is 11.1 Å². The van der Waals surface area contributed by atoms with Gasteiger partial charge in [0.05, 0.1) is 5.54 Å². The first-order valence-corrected chi connectivity index (χ1v) is 17.2. The second-order valence-electron chi connectivity index (χ2n) is 10.9. The number of nitrogens with two attached hydrogens (primary N) is 1. The maximum Gasteiger partial charge on any atom is 0.0950 e. The van der Waals surface area contributed by atoms with Crippen molar-refractivity contribution in [1.29, 1.82) is 0 Å². The van der Waals surface area contributed by atoms with Gasteiger partial charge in [0.25, 0.3) is 0 Å². The van der Waals surface area contributed by atoms with E-state index in [-0.39, 0.29) is 12.1 Å². The van der Waals surface area contributed by atoms with E-state index in [2.05, 4.69) is 158 Å². The van der Waals surface area contributed by atoms with E-state index in [9.17, 15) is 0 Å². The quantitative estimate of drug-likeness (QED) is 0.0776. The van der Waals surface area contributed by atoms with Crippen molar-refractivity contribution in [3.8, 4) is 0 Å². The molecule has 2 nitrogen and oxygen atoms in total. The third-order valence-corrected chi connectivity index (χ3v) is 10.2. The molecule has 0 aliphatic heterocycles. The molecule has 42 heavy (non-hydrogen) atoms. The Morgan fingerprint density at radius 3 is 1.50 bits per heavy atom. The Bertz CT molecular complexity index is 1420. The van der Waals surface area contributed by atoms with E-state index in [0.29, 0.717) is 0 Å². The lowest BCUT2D eigenvalue weighted by molar-refractivity contribution is 0.409. The predicted molar refractivity (Wildman–Crippen MR) is 184 cm³/mol. The molecule has 0 fully saturated rings. The SMILES string of the molecule is Cc1ccc(C(N[C@H](CSSC[C@@H](N)Cc2ccccc2)Cc2ccccc2)(c2ccccc2)c2ccccc2)cc1. The maximum absolute atomic E-state index is 6.54. The van der Waals surface area contributed by atoms with E-state index in [0.717, 1.165) is 24.3 Å². The molecule has 0 bridgehead atoms. The summed E-state index contributed by atoms with van der Waals surface area (Å²) in [4.78, 5) is 0. The van der Waals surface area contributed by atoms with Gasteiger partial charge in [-0.05, 0) is 47.6 Å². The van der Waals surface area contributed by atoms with E-state index in [1.165, 1.54) is 33.4 Å². The van der Waals surface area contributed by atoms with Crippen molar-refractivity contribution in [1.82, 2.24) is 5.32 Å². The lowest BCUT2D eigenvalue weighted by Crippen LogP contribution is -2.51. The average Bonchev–Trinajstić information content (AvgIpc) is 3.04. The molecule has 0 saturated carbocycles. The standard InChI is InChI=1S/C38H40N2S2/c1-30-22-24-35(25-23-30)38(33-18-10-4-11-19-33,34-20-12-5-13-21-34)40-37(27-32-16-8-3-9-17-32)29-42-41-28-36(39)26-31-14-6-2-7-15-31/h2-25,36-37,40H,26-29,39H2,1H3/t36-,37-/m0/s1. The topological polar surface area (TPSA) is 38.0 Å². The summed E-state index contributed by atoms with van der Waals surface area (Å²) in [6.45, 7) is 2.15. The van der Waals surface area contributed by atoms with Crippen LogP contribution in [0.1, 0.15) is 33.4 Å². The molecule has 0 aliphatic rings. The van der Waals surface area contributed by atoms with Gasteiger partial charge in [0, 0.05) is 23.6 Å². The third-order valence-electron chi connectivity index (χ3n) is 7.62. The van der Waals surface area contributed by atoms with E-state index in [1.54, 1.807) is 0 Å². The Balaban J connectivity index is 1.44. The highest BCUT2D eigenvalue weighted by molar-refractivity contribution is 8.76. The summed E-state index contributed by atoms with van der Waals surface area (Å²) in [6.07, 6.45) is 1.83. The summed E-state index contributed by atoms with van der Waals surface area (Å²) in [5.74, 6) is 1.86. The summed E-state index contributed by atoms with van der Waals surface area (Å²) in [6, 6.07) is 52.5. The number of hydrogen-bond acceptors (Lipinski definition) is 4. The molecular formula is C38H40N2S2. The van der Waals surface area contributed by atoms with Gasteiger partial charge in [-0.15, -0.1) is 0 Å². The van der Waals surface area contributed by atoms with Crippen molar-refractivity contribution < 1.29 is 0 Å². The van der Waals surface area contributed by atoms with Crippen molar-refractivity contribution in [2.24, 2.45) is 5.73 Å². The second-order valence-corrected chi connectivity index (χ2v) is 13.5. The summed E-state index contributed by atoms with van der Waals surface area (Å²) < 4.78 is 0. The fraction of sp³-hybridized carbons (Fsp3) is 0.211. The Kier molecular flexibility index (Phi) is 11.0. The molecule has 5 aromatic carbocycles. The van der Waals surface area contributed by atoms with Crippen molar-refractivity contribution >= 4 is 21.6 Å². The number of aryl methyl sites for hydroxylation is 1. The third kappa shape index (κ3) is 7.96. The number of benzene rings is 5. The van der Waals surface area contributed by atoms with Gasteiger partial charge < -0.3 is 5.73 Å². The van der Waals surface area contributed by atoms with Gasteiger partial charge in [-0.2, -0.15) is 0 Å². The molecule has 214 valence electrons. The Labute approximate surface area is 259 Å². The van der Waals surface area contributed by atoms with E-state index < -0.39 is 5.54 Å². The zero-order chi connectivity index (χ0) is 29.0. The second kappa shape index (κ2) is 15.3. The summed E-state index contributed by atoms with van der Waals surface area (Å²) in [5.41, 5.74) is 13.6. The highest BCUT2D eigenvalue weighted by atomic mass is 33.1. The lowest BCUT2D eigenvalue weighted by Gasteiger charge is -2.40. The molecule has 0 aromatic heterocycles. The molecule has 2 atom stereocenters. The fourth-order valence-electron chi connectivity index (χ4n) is 5.53. The van der Waals surface area contributed by atoms with E-state index in [1.807, 2.05) is 21.6 Å². The Hall–Kier alpha value is -3.28. The van der Waals surface area contributed by atoms with Crippen LogP contribution in [0.2, 0.25) is 0 Å². The van der Waals surface area contributed by atoms with Gasteiger partial charge in [0.1, 0.15) is 0 Å². The minimum atomic E-state index is -0.509. The normalized spacial score (nSPS) is 13.0. The molecule has 3 N–H and O–H groups in total. The van der Waals surface area contributed by atoms with Crippen molar-refractivity contribution in [2.75, 3.05) is 11.5 Å². The number of rotatable bonds is 14. The Morgan fingerprint density at radius 2 is 0.976 bits per heavy atom. The van der Waals surface area contributed by atoms with Gasteiger partial charge >= 0.3 is 0 Å². The number of nitrogens with one attached hydrogen (secondary N) is 1. The van der Waals surface area contributed by atoms with Crippen LogP contribution >= 0.6 is 21.6 Å². The zero-order valence-corrected chi connectivity index (χ0v) is 25.9. The van der Waals surface area contributed by atoms with Crippen molar-refractivity contribution in [3.63, 3.8) is 0 Å². The van der Waals surface area contributed by atoms with Gasteiger partial charge in [-0.25, -0.2) is 0 Å². The molecule has 0 amide bonds. The fourth-order valence-corrected chi connectivity index (χ4v) is 7.97. The highest BCUT2D eigenvalue weighted by Gasteiger charge is 2.38. The molecule has 5 rings (SSSR count). The van der Waals surface area contributed by atoms with Crippen LogP contribution in [0.3, 0.4) is 0 Å². The van der Waals surface area contributed by atoms with Gasteiger partial charge in [-0.1, -0.05) is 173 Å². The molecule has 0 unspecified atom stereocenters. The van der Waals surface area contributed by atoms with Crippen LogP contribution in [-0.2, 0) is 18.4 Å². The minimum Gasteiger partial charge on any atom is -0.327 e. The van der Waals surface area contributed by atoms with Gasteiger partial charge in [-0.3, -0.25) is 5.32 Å². The summed E-state index contributed by atoms with van der Waals surface area (Å²) in [7, 11) is 3.81. The van der Waals surface area contributed by atoms with Crippen LogP contribution in [0.25, 0.3) is 0 Å². The maximum atomic E-state index is 6.54. The minimum absolute atomic E-state index is 0.130. The van der Waals surface area contributed by atoms with Gasteiger partial charge in [0.2, 0.25) is 0 Å². The number of hydrogen-bond donors (Lipinski definition) is 2. The average molecular weight is 589 g/mol. The van der Waals surface area contributed by atoms with Crippen molar-refractivity contribution in [2.45, 2.75) is 37.4 Å². The molecule has 0 saturated heterocycles. The largest absolute Gasteiger partial charge is 0.327 e. The summed E-state index contributed by atoms with van der Waals surface area (Å²) >= 11 is 0. The van der Waals surface area contributed by atoms with Crippen LogP contribution in [0.5, 0.6) is 0 Å². The van der Waals surface area contributed by atoms with Gasteiger partial charge in [0.15, 0.2) is 0 Å². The van der Waals surface area contributed by atoms with Crippen LogP contribution in [0.4, 0.5) is 0 Å². The monoisotopic (exact) mass is 588 g/mol. The molecule has 5 aromatic rings. The predicted octanol–water partition coefficient (Wildman–Crippen LogP) is 8.44.